The Kier molecular flexibility index (Phi) is 5.27. The van der Waals surface area contributed by atoms with Gasteiger partial charge in [-0.25, -0.2) is 4.79 Å². The fourth-order valence-corrected chi connectivity index (χ4v) is 3.00. The summed E-state index contributed by atoms with van der Waals surface area (Å²) >= 11 is 5.96. The summed E-state index contributed by atoms with van der Waals surface area (Å²) in [7, 11) is 0. The van der Waals surface area contributed by atoms with Crippen LogP contribution in [0, 0.1) is 0 Å². The lowest BCUT2D eigenvalue weighted by Crippen LogP contribution is -2.14. The van der Waals surface area contributed by atoms with Gasteiger partial charge in [-0.05, 0) is 48.0 Å². The van der Waals surface area contributed by atoms with Gasteiger partial charge in [-0.15, -0.1) is 0 Å². The number of para-hydroxylation sites is 1. The smallest absolute Gasteiger partial charge is 0.336 e. The van der Waals surface area contributed by atoms with Gasteiger partial charge >= 0.3 is 5.97 Å². The minimum atomic E-state index is -0.674. The largest absolute Gasteiger partial charge is 0.452 e. The average molecular weight is 403 g/mol. The Morgan fingerprint density at radius 3 is 2.34 bits per heavy atom. The maximum atomic E-state index is 13.0. The Labute approximate surface area is 171 Å². The van der Waals surface area contributed by atoms with Crippen LogP contribution in [0.2, 0.25) is 5.02 Å². The van der Waals surface area contributed by atoms with Crippen LogP contribution in [-0.2, 0) is 4.79 Å². The minimum absolute atomic E-state index is 0.159. The molecular weight excluding hydrogens is 388 g/mol. The van der Waals surface area contributed by atoms with E-state index in [0.717, 1.165) is 5.56 Å². The Morgan fingerprint density at radius 2 is 1.59 bits per heavy atom. The Balaban J connectivity index is 1.77. The Hall–Kier alpha value is -3.63. The molecule has 0 saturated heterocycles. The van der Waals surface area contributed by atoms with Crippen molar-refractivity contribution in [2.75, 3.05) is 0 Å². The number of rotatable bonds is 4. The molecule has 0 atom stereocenters. The first-order valence-electron chi connectivity index (χ1n) is 8.88. The van der Waals surface area contributed by atoms with E-state index in [0.29, 0.717) is 21.6 Å². The molecule has 0 aliphatic rings. The summed E-state index contributed by atoms with van der Waals surface area (Å²) in [6, 6.07) is 22.9. The van der Waals surface area contributed by atoms with E-state index in [2.05, 4.69) is 0 Å². The molecule has 142 valence electrons. The molecule has 0 amide bonds. The van der Waals surface area contributed by atoms with Gasteiger partial charge < -0.3 is 9.15 Å². The van der Waals surface area contributed by atoms with E-state index in [-0.39, 0.29) is 11.5 Å². The van der Waals surface area contributed by atoms with Crippen molar-refractivity contribution in [3.8, 4) is 17.1 Å². The van der Waals surface area contributed by atoms with Gasteiger partial charge in [0.15, 0.2) is 5.76 Å². The van der Waals surface area contributed by atoms with Crippen LogP contribution in [-0.4, -0.2) is 5.97 Å². The maximum Gasteiger partial charge on any atom is 0.336 e. The highest BCUT2D eigenvalue weighted by Gasteiger charge is 2.19. The molecule has 0 bridgehead atoms. The zero-order chi connectivity index (χ0) is 20.2. The number of benzene rings is 3. The lowest BCUT2D eigenvalue weighted by molar-refractivity contribution is -0.129. The molecule has 4 aromatic rings. The van der Waals surface area contributed by atoms with Crippen molar-refractivity contribution in [2.24, 2.45) is 0 Å². The predicted molar refractivity (Wildman–Crippen MR) is 114 cm³/mol. The summed E-state index contributed by atoms with van der Waals surface area (Å²) in [5.41, 5.74) is 1.40. The quantitative estimate of drug-likeness (QED) is 0.323. The van der Waals surface area contributed by atoms with Crippen molar-refractivity contribution in [2.45, 2.75) is 0 Å². The monoisotopic (exact) mass is 402 g/mol. The Bertz CT molecular complexity index is 1260. The van der Waals surface area contributed by atoms with Crippen LogP contribution in [0.25, 0.3) is 28.4 Å². The number of carbonyl (C=O) groups is 1. The fraction of sp³-hybridized carbons (Fsp3) is 0. The standard InChI is InChI=1S/C24H15ClO4/c25-18-13-11-17(12-14-18)23-24(22(27)19-8-4-5-9-20(19)28-23)29-21(26)15-10-16-6-2-1-3-7-16/h1-15H. The van der Waals surface area contributed by atoms with Crippen molar-refractivity contribution in [3.05, 3.63) is 106 Å². The molecule has 0 aliphatic carbocycles. The van der Waals surface area contributed by atoms with Crippen LogP contribution in [0.5, 0.6) is 5.75 Å². The van der Waals surface area contributed by atoms with Crippen LogP contribution in [0.1, 0.15) is 5.56 Å². The molecule has 0 aliphatic heterocycles. The normalized spacial score (nSPS) is 11.1. The highest BCUT2D eigenvalue weighted by molar-refractivity contribution is 6.30. The van der Waals surface area contributed by atoms with E-state index < -0.39 is 11.4 Å². The SMILES string of the molecule is O=C(C=Cc1ccccc1)Oc1c(-c2ccc(Cl)cc2)oc2ccccc2c1=O. The van der Waals surface area contributed by atoms with Gasteiger partial charge in [0.1, 0.15) is 5.58 Å². The molecule has 3 aromatic carbocycles. The van der Waals surface area contributed by atoms with E-state index in [1.54, 1.807) is 54.6 Å². The molecule has 4 rings (SSSR count). The second kappa shape index (κ2) is 8.17. The summed E-state index contributed by atoms with van der Waals surface area (Å²) in [6.07, 6.45) is 2.89. The van der Waals surface area contributed by atoms with Gasteiger partial charge in [0.05, 0.1) is 5.39 Å². The second-order valence-corrected chi connectivity index (χ2v) is 6.69. The maximum absolute atomic E-state index is 13.0. The number of hydrogen-bond acceptors (Lipinski definition) is 4. The van der Waals surface area contributed by atoms with E-state index in [4.69, 9.17) is 20.8 Å². The molecule has 1 heterocycles. The minimum Gasteiger partial charge on any atom is -0.452 e. The molecule has 0 saturated carbocycles. The summed E-state index contributed by atoms with van der Waals surface area (Å²) in [4.78, 5) is 25.4. The van der Waals surface area contributed by atoms with Crippen molar-refractivity contribution in [1.82, 2.24) is 0 Å². The van der Waals surface area contributed by atoms with E-state index in [9.17, 15) is 9.59 Å². The summed E-state index contributed by atoms with van der Waals surface area (Å²) in [5.74, 6) is -0.660. The number of ether oxygens (including phenoxy) is 1. The third-order valence-electron chi connectivity index (χ3n) is 4.28. The van der Waals surface area contributed by atoms with Crippen molar-refractivity contribution in [1.29, 1.82) is 0 Å². The van der Waals surface area contributed by atoms with Gasteiger partial charge in [-0.3, -0.25) is 4.79 Å². The van der Waals surface area contributed by atoms with Gasteiger partial charge in [0, 0.05) is 16.7 Å². The molecule has 0 fully saturated rings. The van der Waals surface area contributed by atoms with Crippen LogP contribution < -0.4 is 10.2 Å². The molecule has 0 N–H and O–H groups in total. The molecule has 0 spiro atoms. The first-order valence-corrected chi connectivity index (χ1v) is 9.26. The number of carbonyl (C=O) groups excluding carboxylic acids is 1. The molecule has 0 unspecified atom stereocenters. The third-order valence-corrected chi connectivity index (χ3v) is 4.53. The number of fused-ring (bicyclic) bond motifs is 1. The van der Waals surface area contributed by atoms with Crippen molar-refractivity contribution >= 4 is 34.6 Å². The second-order valence-electron chi connectivity index (χ2n) is 6.26. The summed E-state index contributed by atoms with van der Waals surface area (Å²) in [5, 5.41) is 0.876. The lowest BCUT2D eigenvalue weighted by atomic mass is 10.1. The molecule has 0 radical (unpaired) electrons. The third kappa shape index (κ3) is 4.13. The van der Waals surface area contributed by atoms with Crippen molar-refractivity contribution < 1.29 is 13.9 Å². The van der Waals surface area contributed by atoms with Crippen LogP contribution in [0.4, 0.5) is 0 Å². The number of hydrogen-bond donors (Lipinski definition) is 0. The van der Waals surface area contributed by atoms with Gasteiger partial charge in [0.25, 0.3) is 0 Å². The van der Waals surface area contributed by atoms with Crippen LogP contribution >= 0.6 is 11.6 Å². The number of halogens is 1. The highest BCUT2D eigenvalue weighted by atomic mass is 35.5. The average Bonchev–Trinajstić information content (AvgIpc) is 2.75. The van der Waals surface area contributed by atoms with Crippen LogP contribution in [0.3, 0.4) is 0 Å². The zero-order valence-electron chi connectivity index (χ0n) is 15.2. The lowest BCUT2D eigenvalue weighted by Gasteiger charge is -2.09. The van der Waals surface area contributed by atoms with Gasteiger partial charge in [-0.1, -0.05) is 54.1 Å². The molecule has 5 heteroatoms. The van der Waals surface area contributed by atoms with Crippen LogP contribution in [0.15, 0.2) is 94.2 Å². The first-order chi connectivity index (χ1) is 14.1. The highest BCUT2D eigenvalue weighted by Crippen LogP contribution is 2.31. The topological polar surface area (TPSA) is 56.5 Å². The number of esters is 1. The zero-order valence-corrected chi connectivity index (χ0v) is 15.9. The van der Waals surface area contributed by atoms with Crippen molar-refractivity contribution in [3.63, 3.8) is 0 Å². The predicted octanol–water partition coefficient (Wildman–Crippen LogP) is 5.73. The molecule has 1 aromatic heterocycles. The van der Waals surface area contributed by atoms with E-state index in [1.807, 2.05) is 30.3 Å². The van der Waals surface area contributed by atoms with Gasteiger partial charge in [0.2, 0.25) is 11.2 Å². The molecular formula is C24H15ClO4. The fourth-order valence-electron chi connectivity index (χ4n) is 2.87. The van der Waals surface area contributed by atoms with Gasteiger partial charge in [-0.2, -0.15) is 0 Å². The molecule has 4 nitrogen and oxygen atoms in total. The van der Waals surface area contributed by atoms with E-state index >= 15 is 0 Å². The summed E-state index contributed by atoms with van der Waals surface area (Å²) < 4.78 is 11.3. The Morgan fingerprint density at radius 1 is 0.897 bits per heavy atom. The molecule has 29 heavy (non-hydrogen) atoms. The summed E-state index contributed by atoms with van der Waals surface area (Å²) in [6.45, 7) is 0. The first kappa shape index (κ1) is 18.7. The van der Waals surface area contributed by atoms with E-state index in [1.165, 1.54) is 6.08 Å².